The van der Waals surface area contributed by atoms with Crippen LogP contribution in [0.5, 0.6) is 0 Å². The average molecular weight is 295 g/mol. The molecule has 2 unspecified atom stereocenters. The monoisotopic (exact) mass is 295 g/mol. The van der Waals surface area contributed by atoms with Gasteiger partial charge in [0, 0.05) is 6.42 Å². The van der Waals surface area contributed by atoms with Crippen LogP contribution in [-0.4, -0.2) is 35.5 Å². The lowest BCUT2D eigenvalue weighted by Crippen LogP contribution is -2.54. The molecule has 0 spiro atoms. The summed E-state index contributed by atoms with van der Waals surface area (Å²) in [6.45, 7) is 6.46. The van der Waals surface area contributed by atoms with Crippen molar-refractivity contribution in [1.82, 2.24) is 5.32 Å². The Balaban J connectivity index is 2.09. The molecule has 1 aliphatic rings. The van der Waals surface area contributed by atoms with E-state index in [0.29, 0.717) is 6.17 Å². The number of unbranched alkanes of at least 4 members (excludes halogenated alkanes) is 6. The second-order valence-electron chi connectivity index (χ2n) is 6.13. The van der Waals surface area contributed by atoms with E-state index in [1.807, 2.05) is 0 Å². The van der Waals surface area contributed by atoms with Crippen molar-refractivity contribution in [2.24, 2.45) is 0 Å². The molecule has 0 amide bonds. The van der Waals surface area contributed by atoms with Crippen LogP contribution in [-0.2, 0) is 0 Å². The lowest BCUT2D eigenvalue weighted by atomic mass is 10.1. The van der Waals surface area contributed by atoms with E-state index in [0.717, 1.165) is 17.6 Å². The van der Waals surface area contributed by atoms with Crippen molar-refractivity contribution < 1.29 is 9.59 Å². The minimum Gasteiger partial charge on any atom is -0.390 e. The van der Waals surface area contributed by atoms with Gasteiger partial charge in [-0.15, -0.1) is 0 Å². The summed E-state index contributed by atoms with van der Waals surface area (Å²) in [7, 11) is 0. The molecule has 0 aromatic rings. The highest BCUT2D eigenvalue weighted by atomic mass is 16.3. The third kappa shape index (κ3) is 6.23. The Labute approximate surface area is 131 Å². The standard InChI is InChI=1S/C18H35N2O/c1-3-5-6-7-8-9-10-11-12-13-18-19-14-15-20(18,4-2)16-17-21/h3,5,14-15,18-19,21H,4,6-13,16-17H2,1-2H3/q+1/b5-3+. The van der Waals surface area contributed by atoms with Crippen LogP contribution < -0.4 is 5.32 Å². The second-order valence-corrected chi connectivity index (χ2v) is 6.13. The van der Waals surface area contributed by atoms with Gasteiger partial charge < -0.3 is 10.4 Å². The molecule has 1 heterocycles. The van der Waals surface area contributed by atoms with Crippen LogP contribution in [0.1, 0.15) is 65.2 Å². The van der Waals surface area contributed by atoms with Crippen molar-refractivity contribution in [1.29, 1.82) is 0 Å². The summed E-state index contributed by atoms with van der Waals surface area (Å²) in [5.41, 5.74) is 0. The fraction of sp³-hybridized carbons (Fsp3) is 0.778. The van der Waals surface area contributed by atoms with Gasteiger partial charge in [0.25, 0.3) is 0 Å². The van der Waals surface area contributed by atoms with Gasteiger partial charge in [0.2, 0.25) is 0 Å². The van der Waals surface area contributed by atoms with Gasteiger partial charge in [0.15, 0.2) is 6.17 Å². The van der Waals surface area contributed by atoms with Gasteiger partial charge in [-0.05, 0) is 33.1 Å². The summed E-state index contributed by atoms with van der Waals surface area (Å²) in [5, 5.41) is 12.8. The van der Waals surface area contributed by atoms with Crippen LogP contribution in [0.25, 0.3) is 0 Å². The predicted octanol–water partition coefficient (Wildman–Crippen LogP) is 3.91. The summed E-state index contributed by atoms with van der Waals surface area (Å²) in [6.07, 6.45) is 19.7. The number of nitrogens with one attached hydrogen (secondary N) is 1. The van der Waals surface area contributed by atoms with Gasteiger partial charge in [-0.25, -0.2) is 0 Å². The van der Waals surface area contributed by atoms with E-state index in [2.05, 4.69) is 43.7 Å². The molecule has 1 aliphatic heterocycles. The maximum Gasteiger partial charge on any atom is 0.166 e. The SMILES string of the molecule is C/C=C/CCCCCCCCC1NC=C[N+]1(CC)CCO. The van der Waals surface area contributed by atoms with E-state index in [1.165, 1.54) is 51.4 Å². The molecule has 3 heteroatoms. The van der Waals surface area contributed by atoms with E-state index in [-0.39, 0.29) is 6.61 Å². The molecule has 0 saturated carbocycles. The molecule has 0 aromatic heterocycles. The number of aliphatic hydroxyl groups excluding tert-OH is 1. The van der Waals surface area contributed by atoms with E-state index >= 15 is 0 Å². The number of hydrogen-bond acceptors (Lipinski definition) is 2. The third-order valence-electron chi connectivity index (χ3n) is 4.72. The first-order valence-corrected chi connectivity index (χ1v) is 8.81. The molecular formula is C18H35N2O+. The molecule has 1 rings (SSSR count). The van der Waals surface area contributed by atoms with Gasteiger partial charge in [-0.1, -0.05) is 37.8 Å². The molecule has 2 N–H and O–H groups in total. The van der Waals surface area contributed by atoms with Crippen LogP contribution in [0.4, 0.5) is 0 Å². The Morgan fingerprint density at radius 3 is 2.52 bits per heavy atom. The molecule has 3 nitrogen and oxygen atoms in total. The van der Waals surface area contributed by atoms with Crippen molar-refractivity contribution in [2.45, 2.75) is 71.4 Å². The van der Waals surface area contributed by atoms with E-state index < -0.39 is 0 Å². The fourth-order valence-electron chi connectivity index (χ4n) is 3.27. The van der Waals surface area contributed by atoms with Gasteiger partial charge in [-0.2, -0.15) is 0 Å². The zero-order valence-corrected chi connectivity index (χ0v) is 14.1. The fourth-order valence-corrected chi connectivity index (χ4v) is 3.27. The zero-order valence-electron chi connectivity index (χ0n) is 14.1. The number of allylic oxidation sites excluding steroid dienone is 2. The largest absolute Gasteiger partial charge is 0.390 e. The summed E-state index contributed by atoms with van der Waals surface area (Å²) >= 11 is 0. The van der Waals surface area contributed by atoms with Crippen molar-refractivity contribution >= 4 is 0 Å². The lowest BCUT2D eigenvalue weighted by molar-refractivity contribution is -0.900. The van der Waals surface area contributed by atoms with Crippen LogP contribution >= 0.6 is 0 Å². The minimum absolute atomic E-state index is 0.266. The minimum atomic E-state index is 0.266. The molecule has 2 atom stereocenters. The number of nitrogens with zero attached hydrogens (tertiary/aromatic N) is 1. The normalized spacial score (nSPS) is 24.8. The van der Waals surface area contributed by atoms with Crippen molar-refractivity contribution in [3.8, 4) is 0 Å². The highest BCUT2D eigenvalue weighted by molar-refractivity contribution is 4.84. The summed E-state index contributed by atoms with van der Waals surface area (Å²) < 4.78 is 0.903. The Hall–Kier alpha value is -0.800. The van der Waals surface area contributed by atoms with Crippen LogP contribution in [0.15, 0.2) is 24.6 Å². The maximum absolute atomic E-state index is 9.29. The highest BCUT2D eigenvalue weighted by Crippen LogP contribution is 2.22. The second kappa shape index (κ2) is 10.9. The van der Waals surface area contributed by atoms with Crippen LogP contribution in [0.3, 0.4) is 0 Å². The molecule has 0 saturated heterocycles. The molecule has 0 fully saturated rings. The topological polar surface area (TPSA) is 32.3 Å². The number of aliphatic hydroxyl groups is 1. The molecule has 122 valence electrons. The summed E-state index contributed by atoms with van der Waals surface area (Å²) in [4.78, 5) is 0. The molecule has 0 aliphatic carbocycles. The maximum atomic E-state index is 9.29. The third-order valence-corrected chi connectivity index (χ3v) is 4.72. The van der Waals surface area contributed by atoms with Crippen molar-refractivity contribution in [3.05, 3.63) is 24.6 Å². The first-order valence-electron chi connectivity index (χ1n) is 8.81. The lowest BCUT2D eigenvalue weighted by Gasteiger charge is -2.36. The highest BCUT2D eigenvalue weighted by Gasteiger charge is 2.35. The Kier molecular flexibility index (Phi) is 9.44. The summed E-state index contributed by atoms with van der Waals surface area (Å²) in [5.74, 6) is 0. The zero-order chi connectivity index (χ0) is 15.4. The number of quaternary nitrogens is 1. The van der Waals surface area contributed by atoms with Crippen molar-refractivity contribution in [3.63, 3.8) is 0 Å². The van der Waals surface area contributed by atoms with Crippen LogP contribution in [0.2, 0.25) is 0 Å². The first-order chi connectivity index (χ1) is 10.3. The van der Waals surface area contributed by atoms with Gasteiger partial charge in [0.1, 0.15) is 12.7 Å². The predicted molar refractivity (Wildman–Crippen MR) is 90.6 cm³/mol. The number of likely N-dealkylation sites (N-methyl/N-ethyl adjacent to an activating group) is 1. The molecule has 21 heavy (non-hydrogen) atoms. The van der Waals surface area contributed by atoms with Gasteiger partial charge in [0.05, 0.1) is 19.4 Å². The Morgan fingerprint density at radius 1 is 1.14 bits per heavy atom. The molecular weight excluding hydrogens is 260 g/mol. The van der Waals surface area contributed by atoms with Crippen molar-refractivity contribution in [2.75, 3.05) is 19.7 Å². The first kappa shape index (κ1) is 18.2. The molecule has 0 bridgehead atoms. The van der Waals surface area contributed by atoms with Gasteiger partial charge >= 0.3 is 0 Å². The number of hydrogen-bond donors (Lipinski definition) is 2. The van der Waals surface area contributed by atoms with E-state index in [9.17, 15) is 5.11 Å². The smallest absolute Gasteiger partial charge is 0.166 e. The Bertz CT molecular complexity index is 314. The van der Waals surface area contributed by atoms with E-state index in [1.54, 1.807) is 0 Å². The van der Waals surface area contributed by atoms with Crippen LogP contribution in [0, 0.1) is 0 Å². The average Bonchev–Trinajstić information content (AvgIpc) is 2.89. The summed E-state index contributed by atoms with van der Waals surface area (Å²) in [6, 6.07) is 0. The molecule has 0 radical (unpaired) electrons. The number of rotatable bonds is 12. The Morgan fingerprint density at radius 2 is 1.86 bits per heavy atom. The van der Waals surface area contributed by atoms with E-state index in [4.69, 9.17) is 0 Å². The quantitative estimate of drug-likeness (QED) is 0.325. The van der Waals surface area contributed by atoms with Gasteiger partial charge in [-0.3, -0.25) is 4.48 Å². The molecule has 0 aromatic carbocycles.